The van der Waals surface area contributed by atoms with Gasteiger partial charge in [0.05, 0.1) is 0 Å². The summed E-state index contributed by atoms with van der Waals surface area (Å²) in [5.41, 5.74) is 11.6. The molecule has 39 heavy (non-hydrogen) atoms. The first-order valence-electron chi connectivity index (χ1n) is 14.7. The van der Waals surface area contributed by atoms with Gasteiger partial charge in [0, 0.05) is 11.8 Å². The van der Waals surface area contributed by atoms with Crippen molar-refractivity contribution in [1.82, 2.24) is 0 Å². The Labute approximate surface area is 233 Å². The van der Waals surface area contributed by atoms with Crippen molar-refractivity contribution in [3.8, 4) is 11.1 Å². The molecule has 0 heteroatoms. The highest BCUT2D eigenvalue weighted by Crippen LogP contribution is 2.55. The van der Waals surface area contributed by atoms with E-state index in [-0.39, 0.29) is 0 Å². The van der Waals surface area contributed by atoms with Gasteiger partial charge in [0.15, 0.2) is 0 Å². The first-order chi connectivity index (χ1) is 19.3. The maximum Gasteiger partial charge on any atom is 0.00606 e. The van der Waals surface area contributed by atoms with Gasteiger partial charge in [-0.05, 0) is 70.9 Å². The smallest absolute Gasteiger partial charge is 0.00606 e. The van der Waals surface area contributed by atoms with E-state index < -0.39 is 0 Å². The molecule has 0 nitrogen and oxygen atoms in total. The Morgan fingerprint density at radius 3 is 2.00 bits per heavy atom. The molecule has 4 unspecified atom stereocenters. The van der Waals surface area contributed by atoms with Crippen LogP contribution in [0.3, 0.4) is 0 Å². The van der Waals surface area contributed by atoms with Crippen LogP contribution in [0.2, 0.25) is 0 Å². The predicted molar refractivity (Wildman–Crippen MR) is 164 cm³/mol. The molecule has 0 spiro atoms. The molecule has 3 aliphatic rings. The quantitative estimate of drug-likeness (QED) is 0.229. The summed E-state index contributed by atoms with van der Waals surface area (Å²) in [5.74, 6) is 2.37. The van der Waals surface area contributed by atoms with Crippen molar-refractivity contribution >= 4 is 5.57 Å². The Bertz CT molecular complexity index is 1500. The molecule has 1 saturated carbocycles. The Balaban J connectivity index is 1.19. The van der Waals surface area contributed by atoms with Gasteiger partial charge in [0.1, 0.15) is 0 Å². The zero-order chi connectivity index (χ0) is 26.0. The minimum Gasteiger partial charge on any atom is -0.0769 e. The lowest BCUT2D eigenvalue weighted by atomic mass is 9.69. The van der Waals surface area contributed by atoms with Gasteiger partial charge < -0.3 is 0 Å². The van der Waals surface area contributed by atoms with E-state index in [0.717, 1.165) is 6.42 Å². The van der Waals surface area contributed by atoms with Crippen molar-refractivity contribution < 1.29 is 0 Å². The van der Waals surface area contributed by atoms with E-state index in [4.69, 9.17) is 0 Å². The molecule has 4 atom stereocenters. The van der Waals surface area contributed by atoms with Gasteiger partial charge in [0.2, 0.25) is 0 Å². The molecular formula is C39H36. The van der Waals surface area contributed by atoms with Crippen molar-refractivity contribution in [2.75, 3.05) is 0 Å². The first-order valence-corrected chi connectivity index (χ1v) is 14.7. The van der Waals surface area contributed by atoms with Crippen LogP contribution in [0.4, 0.5) is 0 Å². The zero-order valence-corrected chi connectivity index (χ0v) is 22.5. The van der Waals surface area contributed by atoms with Crippen LogP contribution in [0.1, 0.15) is 48.3 Å². The normalized spacial score (nSPS) is 24.1. The molecule has 4 aromatic carbocycles. The molecule has 0 amide bonds. The van der Waals surface area contributed by atoms with E-state index >= 15 is 0 Å². The minimum absolute atomic E-state index is 0.487. The van der Waals surface area contributed by atoms with Crippen LogP contribution in [-0.2, 0) is 6.42 Å². The average molecular weight is 505 g/mol. The van der Waals surface area contributed by atoms with Gasteiger partial charge in [-0.25, -0.2) is 0 Å². The second-order valence-electron chi connectivity index (χ2n) is 11.6. The predicted octanol–water partition coefficient (Wildman–Crippen LogP) is 10.1. The molecule has 4 aromatic rings. The fourth-order valence-corrected chi connectivity index (χ4v) is 7.46. The lowest BCUT2D eigenvalue weighted by Crippen LogP contribution is -2.24. The van der Waals surface area contributed by atoms with Crippen molar-refractivity contribution in [2.45, 2.75) is 38.0 Å². The number of hydrogen-bond donors (Lipinski definition) is 0. The molecule has 0 heterocycles. The van der Waals surface area contributed by atoms with E-state index in [0.29, 0.717) is 23.7 Å². The van der Waals surface area contributed by atoms with Gasteiger partial charge in [-0.15, -0.1) is 0 Å². The van der Waals surface area contributed by atoms with Crippen molar-refractivity contribution in [3.05, 3.63) is 161 Å². The highest BCUT2D eigenvalue weighted by Gasteiger charge is 2.43. The topological polar surface area (TPSA) is 0 Å². The van der Waals surface area contributed by atoms with E-state index in [9.17, 15) is 0 Å². The third-order valence-corrected chi connectivity index (χ3v) is 9.32. The van der Waals surface area contributed by atoms with Crippen LogP contribution in [-0.4, -0.2) is 0 Å². The van der Waals surface area contributed by atoms with Gasteiger partial charge in [-0.3, -0.25) is 0 Å². The molecule has 1 fully saturated rings. The maximum atomic E-state index is 2.72. The van der Waals surface area contributed by atoms with Crippen molar-refractivity contribution in [3.63, 3.8) is 0 Å². The van der Waals surface area contributed by atoms with Crippen molar-refractivity contribution in [2.24, 2.45) is 17.8 Å². The first kappa shape index (κ1) is 24.2. The largest absolute Gasteiger partial charge is 0.0769 e. The van der Waals surface area contributed by atoms with Crippen LogP contribution in [0.5, 0.6) is 0 Å². The Kier molecular flexibility index (Phi) is 6.63. The van der Waals surface area contributed by atoms with Gasteiger partial charge >= 0.3 is 0 Å². The summed E-state index contributed by atoms with van der Waals surface area (Å²) < 4.78 is 0. The van der Waals surface area contributed by atoms with E-state index in [1.54, 1.807) is 11.1 Å². The van der Waals surface area contributed by atoms with E-state index in [1.807, 2.05) is 0 Å². The van der Waals surface area contributed by atoms with Crippen molar-refractivity contribution in [1.29, 1.82) is 0 Å². The Morgan fingerprint density at radius 2 is 1.26 bits per heavy atom. The Hall–Kier alpha value is -3.90. The third-order valence-electron chi connectivity index (χ3n) is 9.32. The standard InChI is InChI=1S/C39H36/c1-4-11-28(12-5-1)25-34-17-10-18-36-37(34)27-38(39(36)32-15-8-3-9-16-32)35-24-23-33(26-35)31-21-19-30(20-22-31)29-13-6-2-7-14-29/h1-9,11-16,19-23,26-27,34,36,38-39H,10,17-18,24-25H2. The number of benzene rings is 4. The summed E-state index contributed by atoms with van der Waals surface area (Å²) >= 11 is 0. The number of rotatable bonds is 6. The van der Waals surface area contributed by atoms with Gasteiger partial charge in [-0.1, -0.05) is 151 Å². The lowest BCUT2D eigenvalue weighted by Gasteiger charge is -2.34. The highest BCUT2D eigenvalue weighted by molar-refractivity contribution is 5.79. The molecule has 0 saturated heterocycles. The van der Waals surface area contributed by atoms with Crippen LogP contribution >= 0.6 is 0 Å². The second-order valence-corrected chi connectivity index (χ2v) is 11.6. The SMILES string of the molecule is C1=C(c2ccc(-c3ccccc3)cc2)C=C(C2C=C3C(Cc4ccccc4)CCCC3C2c2ccccc2)C1. The van der Waals surface area contributed by atoms with E-state index in [1.165, 1.54) is 59.1 Å². The summed E-state index contributed by atoms with van der Waals surface area (Å²) in [7, 11) is 0. The molecule has 0 aromatic heterocycles. The van der Waals surface area contributed by atoms with Crippen LogP contribution in [0.15, 0.2) is 145 Å². The van der Waals surface area contributed by atoms with Gasteiger partial charge in [0.25, 0.3) is 0 Å². The fraction of sp³-hybridized carbons (Fsp3) is 0.231. The minimum atomic E-state index is 0.487. The molecule has 3 aliphatic carbocycles. The summed E-state index contributed by atoms with van der Waals surface area (Å²) in [6, 6.07) is 42.3. The van der Waals surface area contributed by atoms with Gasteiger partial charge in [-0.2, -0.15) is 0 Å². The molecule has 0 radical (unpaired) electrons. The summed E-state index contributed by atoms with van der Waals surface area (Å²) in [4.78, 5) is 0. The number of allylic oxidation sites excluding steroid dienone is 6. The number of hydrogen-bond acceptors (Lipinski definition) is 0. The second kappa shape index (κ2) is 10.7. The molecule has 0 bridgehead atoms. The van der Waals surface area contributed by atoms with Crippen LogP contribution in [0, 0.1) is 17.8 Å². The van der Waals surface area contributed by atoms with Crippen LogP contribution < -0.4 is 0 Å². The maximum absolute atomic E-state index is 2.72. The summed E-state index contributed by atoms with van der Waals surface area (Å²) in [6.45, 7) is 0. The molecular weight excluding hydrogens is 468 g/mol. The number of fused-ring (bicyclic) bond motifs is 1. The highest BCUT2D eigenvalue weighted by atomic mass is 14.5. The monoisotopic (exact) mass is 504 g/mol. The third kappa shape index (κ3) is 4.85. The Morgan fingerprint density at radius 1 is 0.615 bits per heavy atom. The fourth-order valence-electron chi connectivity index (χ4n) is 7.46. The lowest BCUT2D eigenvalue weighted by molar-refractivity contribution is 0.330. The van der Waals surface area contributed by atoms with Crippen LogP contribution in [0.25, 0.3) is 16.7 Å². The summed E-state index contributed by atoms with van der Waals surface area (Å²) in [6.07, 6.45) is 13.9. The average Bonchev–Trinajstić information content (AvgIpc) is 3.65. The summed E-state index contributed by atoms with van der Waals surface area (Å²) in [5, 5.41) is 0. The molecule has 0 aliphatic heterocycles. The molecule has 7 rings (SSSR count). The molecule has 0 N–H and O–H groups in total. The molecule has 192 valence electrons. The zero-order valence-electron chi connectivity index (χ0n) is 22.5. The van der Waals surface area contributed by atoms with E-state index in [2.05, 4.69) is 133 Å².